The number of anilines is 1. The molecule has 1 saturated heterocycles. The number of aryl methyl sites for hydroxylation is 1. The summed E-state index contributed by atoms with van der Waals surface area (Å²) >= 11 is 0. The van der Waals surface area contributed by atoms with Crippen LogP contribution in [-0.2, 0) is 10.0 Å². The molecule has 0 N–H and O–H groups in total. The van der Waals surface area contributed by atoms with Crippen LogP contribution in [0, 0.1) is 6.92 Å². The maximum atomic E-state index is 13.0. The molecule has 0 saturated carbocycles. The van der Waals surface area contributed by atoms with E-state index in [1.807, 2.05) is 17.9 Å². The van der Waals surface area contributed by atoms with E-state index in [2.05, 4.69) is 5.16 Å². The molecule has 1 aromatic heterocycles. The van der Waals surface area contributed by atoms with Crippen molar-refractivity contribution in [3.05, 3.63) is 30.0 Å². The topological polar surface area (TPSA) is 85.1 Å². The van der Waals surface area contributed by atoms with E-state index in [9.17, 15) is 8.42 Å². The van der Waals surface area contributed by atoms with Crippen LogP contribution in [0.25, 0.3) is 0 Å². The van der Waals surface area contributed by atoms with Crippen molar-refractivity contribution in [1.29, 1.82) is 0 Å². The van der Waals surface area contributed by atoms with E-state index >= 15 is 0 Å². The average molecular weight is 367 g/mol. The summed E-state index contributed by atoms with van der Waals surface area (Å²) in [4.78, 5) is 2.15. The number of ether oxygens (including phenoxy) is 2. The van der Waals surface area contributed by atoms with Crippen LogP contribution in [0.1, 0.15) is 5.76 Å². The molecule has 2 aromatic rings. The van der Waals surface area contributed by atoms with E-state index in [4.69, 9.17) is 14.0 Å². The summed E-state index contributed by atoms with van der Waals surface area (Å²) < 4.78 is 42.8. The van der Waals surface area contributed by atoms with E-state index in [0.717, 1.165) is 11.6 Å². The summed E-state index contributed by atoms with van der Waals surface area (Å²) in [5.41, 5.74) is 0. The molecule has 2 heterocycles. The van der Waals surface area contributed by atoms with Crippen LogP contribution in [0.3, 0.4) is 0 Å². The minimum Gasteiger partial charge on any atom is -0.497 e. The van der Waals surface area contributed by atoms with E-state index in [1.165, 1.54) is 24.6 Å². The van der Waals surface area contributed by atoms with Crippen molar-refractivity contribution < 1.29 is 22.4 Å². The first-order valence-electron chi connectivity index (χ1n) is 7.86. The Morgan fingerprint density at radius 2 is 1.80 bits per heavy atom. The molecule has 1 aliphatic rings. The molecular formula is C16H21N3O5S. The third-order valence-corrected chi connectivity index (χ3v) is 6.10. The Bertz CT molecular complexity index is 841. The maximum Gasteiger partial charge on any atom is 0.246 e. The summed E-state index contributed by atoms with van der Waals surface area (Å²) in [5.74, 6) is 2.28. The summed E-state index contributed by atoms with van der Waals surface area (Å²) in [5, 5.41) is 3.98. The fourth-order valence-corrected chi connectivity index (χ4v) is 4.35. The van der Waals surface area contributed by atoms with E-state index in [1.54, 1.807) is 12.1 Å². The Balaban J connectivity index is 1.78. The molecule has 0 aliphatic carbocycles. The van der Waals surface area contributed by atoms with Gasteiger partial charge in [0, 0.05) is 38.3 Å². The molecule has 136 valence electrons. The molecule has 0 spiro atoms. The van der Waals surface area contributed by atoms with Crippen LogP contribution in [-0.4, -0.2) is 58.3 Å². The Labute approximate surface area is 147 Å². The second-order valence-electron chi connectivity index (χ2n) is 5.70. The highest BCUT2D eigenvalue weighted by atomic mass is 32.2. The number of rotatable bonds is 5. The summed E-state index contributed by atoms with van der Waals surface area (Å²) in [6, 6.07) is 6.54. The molecule has 0 unspecified atom stereocenters. The normalized spacial score (nSPS) is 16.0. The average Bonchev–Trinajstić information content (AvgIpc) is 3.07. The first-order valence-corrected chi connectivity index (χ1v) is 9.30. The predicted molar refractivity (Wildman–Crippen MR) is 91.8 cm³/mol. The molecule has 0 amide bonds. The number of hydrogen-bond acceptors (Lipinski definition) is 7. The maximum absolute atomic E-state index is 13.0. The van der Waals surface area contributed by atoms with Gasteiger partial charge < -0.3 is 18.9 Å². The lowest BCUT2D eigenvalue weighted by molar-refractivity contribution is 0.364. The fraction of sp³-hybridized carbons (Fsp3) is 0.438. The fourth-order valence-electron chi connectivity index (χ4n) is 2.79. The summed E-state index contributed by atoms with van der Waals surface area (Å²) in [7, 11) is -0.683. The zero-order valence-corrected chi connectivity index (χ0v) is 15.2. The van der Waals surface area contributed by atoms with Crippen molar-refractivity contribution >= 4 is 15.8 Å². The molecule has 1 aliphatic heterocycles. The SMILES string of the molecule is COc1ccc(S(=O)(=O)N2CCN(c3cc(C)on3)CC2)c(OC)c1. The lowest BCUT2D eigenvalue weighted by atomic mass is 10.3. The smallest absolute Gasteiger partial charge is 0.246 e. The molecule has 1 fully saturated rings. The number of aromatic nitrogens is 1. The second kappa shape index (κ2) is 6.93. The standard InChI is InChI=1S/C16H21N3O5S/c1-12-10-16(17-24-12)18-6-8-19(9-7-18)25(20,21)15-5-4-13(22-2)11-14(15)23-3/h4-5,10-11H,6-9H2,1-3H3. The molecule has 8 nitrogen and oxygen atoms in total. The Morgan fingerprint density at radius 1 is 1.08 bits per heavy atom. The van der Waals surface area contributed by atoms with Gasteiger partial charge in [0.05, 0.1) is 14.2 Å². The molecule has 0 radical (unpaired) electrons. The van der Waals surface area contributed by atoms with Gasteiger partial charge in [0.25, 0.3) is 0 Å². The van der Waals surface area contributed by atoms with Gasteiger partial charge in [-0.25, -0.2) is 8.42 Å². The van der Waals surface area contributed by atoms with Crippen LogP contribution in [0.5, 0.6) is 11.5 Å². The van der Waals surface area contributed by atoms with E-state index < -0.39 is 10.0 Å². The number of sulfonamides is 1. The summed E-state index contributed by atoms with van der Waals surface area (Å²) in [6.45, 7) is 3.65. The predicted octanol–water partition coefficient (Wildman–Crippen LogP) is 1.51. The lowest BCUT2D eigenvalue weighted by Gasteiger charge is -2.33. The van der Waals surface area contributed by atoms with Crippen LogP contribution in [0.4, 0.5) is 5.82 Å². The highest BCUT2D eigenvalue weighted by molar-refractivity contribution is 7.89. The molecule has 1 aromatic carbocycles. The van der Waals surface area contributed by atoms with Crippen LogP contribution in [0.2, 0.25) is 0 Å². The minimum atomic E-state index is -3.65. The largest absolute Gasteiger partial charge is 0.497 e. The molecule has 25 heavy (non-hydrogen) atoms. The third-order valence-electron chi connectivity index (χ3n) is 4.17. The monoisotopic (exact) mass is 367 g/mol. The molecule has 0 bridgehead atoms. The van der Waals surface area contributed by atoms with Crippen LogP contribution in [0.15, 0.2) is 33.7 Å². The number of piperazine rings is 1. The van der Waals surface area contributed by atoms with E-state index in [-0.39, 0.29) is 10.6 Å². The Hall–Kier alpha value is -2.26. The van der Waals surface area contributed by atoms with Gasteiger partial charge in [0.1, 0.15) is 22.2 Å². The van der Waals surface area contributed by atoms with Crippen molar-refractivity contribution in [3.63, 3.8) is 0 Å². The van der Waals surface area contributed by atoms with Gasteiger partial charge in [-0.05, 0) is 19.1 Å². The molecule has 3 rings (SSSR count). The minimum absolute atomic E-state index is 0.140. The first-order chi connectivity index (χ1) is 12.0. The zero-order chi connectivity index (χ0) is 18.0. The van der Waals surface area contributed by atoms with Crippen molar-refractivity contribution in [2.75, 3.05) is 45.3 Å². The number of methoxy groups -OCH3 is 2. The van der Waals surface area contributed by atoms with Crippen LogP contribution < -0.4 is 14.4 Å². The Morgan fingerprint density at radius 3 is 2.36 bits per heavy atom. The highest BCUT2D eigenvalue weighted by Crippen LogP contribution is 2.31. The van der Waals surface area contributed by atoms with Crippen molar-refractivity contribution in [3.8, 4) is 11.5 Å². The second-order valence-corrected chi connectivity index (χ2v) is 7.61. The van der Waals surface area contributed by atoms with Gasteiger partial charge in [-0.3, -0.25) is 0 Å². The number of nitrogens with zero attached hydrogens (tertiary/aromatic N) is 3. The highest BCUT2D eigenvalue weighted by Gasteiger charge is 2.31. The van der Waals surface area contributed by atoms with Gasteiger partial charge in [0.2, 0.25) is 10.0 Å². The zero-order valence-electron chi connectivity index (χ0n) is 14.4. The molecule has 9 heteroatoms. The molecule has 0 atom stereocenters. The Kier molecular flexibility index (Phi) is 4.87. The van der Waals surface area contributed by atoms with Crippen LogP contribution >= 0.6 is 0 Å². The summed E-state index contributed by atoms with van der Waals surface area (Å²) in [6.07, 6.45) is 0. The van der Waals surface area contributed by atoms with Crippen molar-refractivity contribution in [1.82, 2.24) is 9.46 Å². The van der Waals surface area contributed by atoms with Gasteiger partial charge in [0.15, 0.2) is 5.82 Å². The van der Waals surface area contributed by atoms with E-state index in [0.29, 0.717) is 31.9 Å². The van der Waals surface area contributed by atoms with Gasteiger partial charge in [-0.1, -0.05) is 5.16 Å². The molecular weight excluding hydrogens is 346 g/mol. The van der Waals surface area contributed by atoms with Crippen molar-refractivity contribution in [2.24, 2.45) is 0 Å². The van der Waals surface area contributed by atoms with Gasteiger partial charge >= 0.3 is 0 Å². The quantitative estimate of drug-likeness (QED) is 0.792. The number of hydrogen-bond donors (Lipinski definition) is 0. The first kappa shape index (κ1) is 17.6. The third kappa shape index (κ3) is 3.42. The number of benzene rings is 1. The van der Waals surface area contributed by atoms with Gasteiger partial charge in [-0.2, -0.15) is 4.31 Å². The van der Waals surface area contributed by atoms with Gasteiger partial charge in [-0.15, -0.1) is 0 Å². The van der Waals surface area contributed by atoms with Crippen molar-refractivity contribution in [2.45, 2.75) is 11.8 Å². The lowest BCUT2D eigenvalue weighted by Crippen LogP contribution is -2.48.